The highest BCUT2D eigenvalue weighted by Crippen LogP contribution is 2.31. The number of benzene rings is 3. The minimum Gasteiger partial charge on any atom is -0.353 e. The Bertz CT molecular complexity index is 1600. The first-order valence-electron chi connectivity index (χ1n) is 11.1. The molecular formula is C26H24N6O2S. The Morgan fingerprint density at radius 3 is 2.11 bits per heavy atom. The summed E-state index contributed by atoms with van der Waals surface area (Å²) in [7, 11) is -2.00. The Balaban J connectivity index is 1.63. The number of para-hydroxylation sites is 2. The summed E-state index contributed by atoms with van der Waals surface area (Å²) in [5.41, 5.74) is 2.80. The van der Waals surface area contributed by atoms with Crippen molar-refractivity contribution in [3.8, 4) is 0 Å². The molecule has 176 valence electrons. The standard InChI is InChI=1S/C26H24N6O2S/c1-18-10-6-9-15-22(18)35(33,34)31-25-24(28-20-13-7-8-14-21(20)29-25)30-23(19-11-4-3-5-12-19)26-27-16-17-32(26)2/h3-17,23H,1-2H3,(H,28,30)(H,29,31)/t23-/m0/s1. The molecule has 5 aromatic rings. The zero-order valence-electron chi connectivity index (χ0n) is 19.3. The lowest BCUT2D eigenvalue weighted by atomic mass is 10.1. The molecule has 0 spiro atoms. The summed E-state index contributed by atoms with van der Waals surface area (Å²) < 4.78 is 31.2. The van der Waals surface area contributed by atoms with E-state index in [0.717, 1.165) is 11.4 Å². The van der Waals surface area contributed by atoms with Crippen LogP contribution in [0.2, 0.25) is 0 Å². The third-order valence-corrected chi connectivity index (χ3v) is 7.21. The second-order valence-corrected chi connectivity index (χ2v) is 9.82. The van der Waals surface area contributed by atoms with Crippen LogP contribution in [0, 0.1) is 6.92 Å². The second-order valence-electron chi connectivity index (χ2n) is 8.16. The molecule has 2 heterocycles. The molecule has 0 saturated heterocycles. The van der Waals surface area contributed by atoms with Gasteiger partial charge in [-0.2, -0.15) is 0 Å². The molecule has 0 aliphatic rings. The molecule has 0 aliphatic heterocycles. The van der Waals surface area contributed by atoms with Crippen molar-refractivity contribution in [3.05, 3.63) is 108 Å². The van der Waals surface area contributed by atoms with Crippen molar-refractivity contribution in [2.75, 3.05) is 10.0 Å². The number of nitrogens with one attached hydrogen (secondary N) is 2. The van der Waals surface area contributed by atoms with E-state index in [4.69, 9.17) is 4.98 Å². The SMILES string of the molecule is Cc1ccccc1S(=O)(=O)Nc1nc2ccccc2nc1N[C@@H](c1ccccc1)c1nccn1C. The summed E-state index contributed by atoms with van der Waals surface area (Å²) in [6.45, 7) is 1.76. The van der Waals surface area contributed by atoms with Crippen LogP contribution in [0.5, 0.6) is 0 Å². The summed E-state index contributed by atoms with van der Waals surface area (Å²) in [6.07, 6.45) is 3.58. The van der Waals surface area contributed by atoms with Gasteiger partial charge in [0.25, 0.3) is 10.0 Å². The van der Waals surface area contributed by atoms with E-state index in [2.05, 4.69) is 20.0 Å². The normalized spacial score (nSPS) is 12.4. The van der Waals surface area contributed by atoms with Crippen molar-refractivity contribution in [1.82, 2.24) is 19.5 Å². The molecule has 0 fully saturated rings. The topological polar surface area (TPSA) is 102 Å². The first kappa shape index (κ1) is 22.5. The van der Waals surface area contributed by atoms with Crippen LogP contribution < -0.4 is 10.0 Å². The van der Waals surface area contributed by atoms with E-state index in [9.17, 15) is 8.42 Å². The molecular weight excluding hydrogens is 460 g/mol. The molecule has 2 aromatic heterocycles. The molecule has 1 atom stereocenters. The van der Waals surface area contributed by atoms with Gasteiger partial charge in [0.15, 0.2) is 11.6 Å². The van der Waals surface area contributed by atoms with E-state index < -0.39 is 16.1 Å². The van der Waals surface area contributed by atoms with E-state index in [-0.39, 0.29) is 10.7 Å². The Morgan fingerprint density at radius 1 is 0.829 bits per heavy atom. The number of anilines is 2. The zero-order valence-corrected chi connectivity index (χ0v) is 20.1. The van der Waals surface area contributed by atoms with Crippen molar-refractivity contribution in [2.45, 2.75) is 17.9 Å². The summed E-state index contributed by atoms with van der Waals surface area (Å²) in [6, 6.07) is 23.6. The van der Waals surface area contributed by atoms with Gasteiger partial charge in [-0.1, -0.05) is 60.7 Å². The van der Waals surface area contributed by atoms with Crippen LogP contribution in [0.4, 0.5) is 11.6 Å². The molecule has 0 amide bonds. The fourth-order valence-electron chi connectivity index (χ4n) is 3.95. The third kappa shape index (κ3) is 4.58. The minimum absolute atomic E-state index is 0.113. The van der Waals surface area contributed by atoms with Crippen LogP contribution in [0.3, 0.4) is 0 Å². The van der Waals surface area contributed by atoms with Crippen LogP contribution >= 0.6 is 0 Å². The quantitative estimate of drug-likeness (QED) is 0.348. The maximum absolute atomic E-state index is 13.3. The molecule has 35 heavy (non-hydrogen) atoms. The molecule has 8 nitrogen and oxygen atoms in total. The van der Waals surface area contributed by atoms with Gasteiger partial charge in [0.05, 0.1) is 15.9 Å². The number of hydrogen-bond acceptors (Lipinski definition) is 6. The van der Waals surface area contributed by atoms with Gasteiger partial charge in [-0.25, -0.2) is 23.4 Å². The monoisotopic (exact) mass is 484 g/mol. The molecule has 0 aliphatic carbocycles. The minimum atomic E-state index is -3.91. The van der Waals surface area contributed by atoms with Gasteiger partial charge in [0, 0.05) is 19.4 Å². The van der Waals surface area contributed by atoms with E-state index in [0.29, 0.717) is 22.4 Å². The van der Waals surface area contributed by atoms with Gasteiger partial charge in [0.2, 0.25) is 0 Å². The van der Waals surface area contributed by atoms with E-state index in [1.54, 1.807) is 43.5 Å². The lowest BCUT2D eigenvalue weighted by molar-refractivity contribution is 0.600. The predicted molar refractivity (Wildman–Crippen MR) is 137 cm³/mol. The second kappa shape index (κ2) is 9.19. The Morgan fingerprint density at radius 2 is 1.46 bits per heavy atom. The maximum atomic E-state index is 13.3. The highest BCUT2D eigenvalue weighted by molar-refractivity contribution is 7.92. The van der Waals surface area contributed by atoms with Crippen molar-refractivity contribution < 1.29 is 8.42 Å². The van der Waals surface area contributed by atoms with Gasteiger partial charge < -0.3 is 9.88 Å². The van der Waals surface area contributed by atoms with Crippen molar-refractivity contribution >= 4 is 32.7 Å². The van der Waals surface area contributed by atoms with Crippen LogP contribution in [-0.4, -0.2) is 27.9 Å². The highest BCUT2D eigenvalue weighted by atomic mass is 32.2. The third-order valence-electron chi connectivity index (χ3n) is 5.72. The molecule has 0 saturated carbocycles. The van der Waals surface area contributed by atoms with Gasteiger partial charge in [0.1, 0.15) is 11.9 Å². The number of rotatable bonds is 7. The van der Waals surface area contributed by atoms with Crippen LogP contribution in [0.15, 0.2) is 96.2 Å². The predicted octanol–water partition coefficient (Wildman–Crippen LogP) is 4.67. The fourth-order valence-corrected chi connectivity index (χ4v) is 5.20. The number of fused-ring (bicyclic) bond motifs is 1. The Hall–Kier alpha value is -4.24. The molecule has 0 unspecified atom stereocenters. The molecule has 0 bridgehead atoms. The molecule has 2 N–H and O–H groups in total. The smallest absolute Gasteiger partial charge is 0.263 e. The van der Waals surface area contributed by atoms with E-state index >= 15 is 0 Å². The Kier molecular flexibility index (Phi) is 5.92. The summed E-state index contributed by atoms with van der Waals surface area (Å²) in [4.78, 5) is 14.1. The largest absolute Gasteiger partial charge is 0.353 e. The van der Waals surface area contributed by atoms with Crippen LogP contribution in [0.25, 0.3) is 11.0 Å². The summed E-state index contributed by atoms with van der Waals surface area (Å²) >= 11 is 0. The maximum Gasteiger partial charge on any atom is 0.263 e. The van der Waals surface area contributed by atoms with Crippen molar-refractivity contribution in [1.29, 1.82) is 0 Å². The first-order chi connectivity index (χ1) is 16.9. The lowest BCUT2D eigenvalue weighted by Crippen LogP contribution is -2.21. The van der Waals surface area contributed by atoms with Gasteiger partial charge >= 0.3 is 0 Å². The van der Waals surface area contributed by atoms with E-state index in [1.165, 1.54) is 0 Å². The van der Waals surface area contributed by atoms with Gasteiger partial charge in [-0.15, -0.1) is 0 Å². The number of imidazole rings is 1. The van der Waals surface area contributed by atoms with Gasteiger partial charge in [-0.3, -0.25) is 4.72 Å². The number of hydrogen-bond donors (Lipinski definition) is 2. The average Bonchev–Trinajstić information content (AvgIpc) is 3.28. The van der Waals surface area contributed by atoms with Gasteiger partial charge in [-0.05, 0) is 36.2 Å². The molecule has 9 heteroatoms. The highest BCUT2D eigenvalue weighted by Gasteiger charge is 2.24. The van der Waals surface area contributed by atoms with Crippen molar-refractivity contribution in [3.63, 3.8) is 0 Å². The lowest BCUT2D eigenvalue weighted by Gasteiger charge is -2.22. The molecule has 5 rings (SSSR count). The van der Waals surface area contributed by atoms with Crippen molar-refractivity contribution in [2.24, 2.45) is 7.05 Å². The van der Waals surface area contributed by atoms with E-state index in [1.807, 2.05) is 66.3 Å². The summed E-state index contributed by atoms with van der Waals surface area (Å²) in [5.74, 6) is 1.17. The Labute approximate surface area is 203 Å². The molecule has 3 aromatic carbocycles. The number of aromatic nitrogens is 4. The van der Waals surface area contributed by atoms with Crippen LogP contribution in [-0.2, 0) is 17.1 Å². The first-order valence-corrected chi connectivity index (χ1v) is 12.5. The number of nitrogens with zero attached hydrogens (tertiary/aromatic N) is 4. The number of sulfonamides is 1. The number of aryl methyl sites for hydroxylation is 2. The zero-order chi connectivity index (χ0) is 24.4. The summed E-state index contributed by atoms with van der Waals surface area (Å²) in [5, 5.41) is 3.40. The fraction of sp³-hybridized carbons (Fsp3) is 0.115. The molecule has 0 radical (unpaired) electrons. The van der Waals surface area contributed by atoms with Crippen LogP contribution in [0.1, 0.15) is 23.0 Å². The average molecular weight is 485 g/mol.